The van der Waals surface area contributed by atoms with Gasteiger partial charge in [0, 0.05) is 0 Å². The highest BCUT2D eigenvalue weighted by Gasteiger charge is 2.00. The van der Waals surface area contributed by atoms with Gasteiger partial charge in [-0.1, -0.05) is 12.2 Å². The molecule has 0 radical (unpaired) electrons. The first kappa shape index (κ1) is 9.68. The van der Waals surface area contributed by atoms with E-state index in [2.05, 4.69) is 4.99 Å². The first-order chi connectivity index (χ1) is 7.24. The Labute approximate surface area is 87.7 Å². The number of aromatic hydroxyl groups is 1. The van der Waals surface area contributed by atoms with Crippen molar-refractivity contribution in [3.63, 3.8) is 0 Å². The van der Waals surface area contributed by atoms with Crippen molar-refractivity contribution in [2.75, 3.05) is 0 Å². The Morgan fingerprint density at radius 2 is 1.60 bits per heavy atom. The van der Waals surface area contributed by atoms with Crippen LogP contribution >= 0.6 is 0 Å². The summed E-state index contributed by atoms with van der Waals surface area (Å²) in [5.74, 6) is 0.226. The topological polar surface area (TPSA) is 52.8 Å². The molecule has 1 aromatic rings. The Morgan fingerprint density at radius 1 is 1.00 bits per heavy atom. The second kappa shape index (κ2) is 4.11. The highest BCUT2D eigenvalue weighted by Crippen LogP contribution is 2.17. The number of hydrogen-bond donors (Lipinski definition) is 2. The minimum atomic E-state index is -0.510. The Bertz CT molecular complexity index is 413. The molecule has 3 nitrogen and oxygen atoms in total. The van der Waals surface area contributed by atoms with E-state index in [9.17, 15) is 0 Å². The number of aliphatic hydroxyl groups excluding tert-OH is 1. The number of aliphatic imine (C=N–C) groups is 1. The average Bonchev–Trinajstić information content (AvgIpc) is 2.25. The number of benzene rings is 1. The van der Waals surface area contributed by atoms with Gasteiger partial charge >= 0.3 is 0 Å². The molecule has 0 bridgehead atoms. The van der Waals surface area contributed by atoms with Gasteiger partial charge in [0.1, 0.15) is 5.75 Å². The molecular formula is C12H11NO2. The van der Waals surface area contributed by atoms with Crippen LogP contribution < -0.4 is 0 Å². The van der Waals surface area contributed by atoms with Crippen LogP contribution in [0.2, 0.25) is 0 Å². The van der Waals surface area contributed by atoms with Crippen molar-refractivity contribution in [2.24, 2.45) is 4.99 Å². The lowest BCUT2D eigenvalue weighted by Gasteiger charge is -2.04. The smallest absolute Gasteiger partial charge is 0.115 e. The Balaban J connectivity index is 2.20. The van der Waals surface area contributed by atoms with Crippen LogP contribution in [0.1, 0.15) is 0 Å². The lowest BCUT2D eigenvalue weighted by molar-refractivity contribution is 0.271. The molecule has 15 heavy (non-hydrogen) atoms. The maximum atomic E-state index is 9.17. The summed E-state index contributed by atoms with van der Waals surface area (Å²) in [6.07, 6.45) is 6.34. The molecule has 0 aliphatic heterocycles. The lowest BCUT2D eigenvalue weighted by atomic mass is 10.1. The number of allylic oxidation sites excluding steroid dienone is 2. The minimum Gasteiger partial charge on any atom is -0.508 e. The first-order valence-electron chi connectivity index (χ1n) is 4.66. The predicted molar refractivity (Wildman–Crippen MR) is 59.5 cm³/mol. The summed E-state index contributed by atoms with van der Waals surface area (Å²) >= 11 is 0. The highest BCUT2D eigenvalue weighted by molar-refractivity contribution is 6.06. The molecule has 1 aliphatic carbocycles. The van der Waals surface area contributed by atoms with Gasteiger partial charge in [-0.05, 0) is 36.4 Å². The lowest BCUT2D eigenvalue weighted by Crippen LogP contribution is -2.04. The van der Waals surface area contributed by atoms with Gasteiger partial charge in [0.25, 0.3) is 0 Å². The van der Waals surface area contributed by atoms with E-state index in [0.717, 1.165) is 11.4 Å². The fraction of sp³-hybridized carbons (Fsp3) is 0.0833. The molecule has 0 atom stereocenters. The monoisotopic (exact) mass is 201 g/mol. The normalized spacial score (nSPS) is 19.3. The molecule has 2 rings (SSSR count). The molecule has 0 saturated heterocycles. The molecular weight excluding hydrogens is 190 g/mol. The third-order valence-electron chi connectivity index (χ3n) is 2.04. The van der Waals surface area contributed by atoms with Gasteiger partial charge in [-0.2, -0.15) is 0 Å². The largest absolute Gasteiger partial charge is 0.508 e. The predicted octanol–water partition coefficient (Wildman–Crippen LogP) is 1.95. The molecule has 1 aliphatic rings. The minimum absolute atomic E-state index is 0.226. The van der Waals surface area contributed by atoms with Crippen LogP contribution in [0.15, 0.2) is 53.6 Å². The number of hydrogen-bond acceptors (Lipinski definition) is 3. The molecule has 1 aromatic carbocycles. The van der Waals surface area contributed by atoms with Crippen molar-refractivity contribution in [1.82, 2.24) is 0 Å². The molecule has 0 fully saturated rings. The van der Waals surface area contributed by atoms with E-state index in [-0.39, 0.29) is 5.75 Å². The molecule has 0 heterocycles. The zero-order valence-corrected chi connectivity index (χ0v) is 8.04. The summed E-state index contributed by atoms with van der Waals surface area (Å²) in [7, 11) is 0. The third kappa shape index (κ3) is 2.54. The number of phenolic OH excluding ortho intramolecular Hbond substituents is 1. The quantitative estimate of drug-likeness (QED) is 0.729. The Kier molecular flexibility index (Phi) is 2.65. The van der Waals surface area contributed by atoms with E-state index in [4.69, 9.17) is 10.2 Å². The Morgan fingerprint density at radius 3 is 2.20 bits per heavy atom. The molecule has 3 heteroatoms. The van der Waals surface area contributed by atoms with Gasteiger partial charge in [0.2, 0.25) is 0 Å². The number of phenols is 1. The highest BCUT2D eigenvalue weighted by atomic mass is 16.3. The van der Waals surface area contributed by atoms with Gasteiger partial charge in [-0.15, -0.1) is 0 Å². The maximum absolute atomic E-state index is 9.17. The van der Waals surface area contributed by atoms with Crippen LogP contribution in [0.25, 0.3) is 0 Å². The SMILES string of the molecule is Oc1ccc(N=C2C=CC(O)C=C2)cc1. The van der Waals surface area contributed by atoms with Crippen LogP contribution in [0.3, 0.4) is 0 Å². The van der Waals surface area contributed by atoms with Gasteiger partial charge in [0.05, 0.1) is 17.5 Å². The molecule has 2 N–H and O–H groups in total. The van der Waals surface area contributed by atoms with E-state index < -0.39 is 6.10 Å². The van der Waals surface area contributed by atoms with Crippen molar-refractivity contribution in [3.8, 4) is 5.75 Å². The second-order valence-electron chi connectivity index (χ2n) is 3.26. The van der Waals surface area contributed by atoms with Crippen molar-refractivity contribution < 1.29 is 10.2 Å². The fourth-order valence-electron chi connectivity index (χ4n) is 1.26. The van der Waals surface area contributed by atoms with Crippen LogP contribution in [-0.2, 0) is 0 Å². The molecule has 0 aromatic heterocycles. The summed E-state index contributed by atoms with van der Waals surface area (Å²) in [5.41, 5.74) is 1.56. The summed E-state index contributed by atoms with van der Waals surface area (Å²) in [6, 6.07) is 6.64. The first-order valence-corrected chi connectivity index (χ1v) is 4.66. The van der Waals surface area contributed by atoms with Crippen molar-refractivity contribution in [1.29, 1.82) is 0 Å². The zero-order valence-electron chi connectivity index (χ0n) is 8.04. The fourth-order valence-corrected chi connectivity index (χ4v) is 1.26. The second-order valence-corrected chi connectivity index (χ2v) is 3.26. The number of nitrogens with zero attached hydrogens (tertiary/aromatic N) is 1. The van der Waals surface area contributed by atoms with E-state index in [0.29, 0.717) is 0 Å². The third-order valence-corrected chi connectivity index (χ3v) is 2.04. The summed E-state index contributed by atoms with van der Waals surface area (Å²) in [5, 5.41) is 18.3. The van der Waals surface area contributed by atoms with Crippen LogP contribution in [0.5, 0.6) is 5.75 Å². The van der Waals surface area contributed by atoms with Crippen molar-refractivity contribution in [3.05, 3.63) is 48.6 Å². The van der Waals surface area contributed by atoms with Crippen molar-refractivity contribution in [2.45, 2.75) is 6.10 Å². The molecule has 0 amide bonds. The van der Waals surface area contributed by atoms with Crippen molar-refractivity contribution >= 4 is 11.4 Å². The van der Waals surface area contributed by atoms with Crippen LogP contribution in [0.4, 0.5) is 5.69 Å². The molecule has 0 unspecified atom stereocenters. The van der Waals surface area contributed by atoms with E-state index in [1.807, 2.05) is 0 Å². The van der Waals surface area contributed by atoms with Gasteiger partial charge < -0.3 is 10.2 Å². The van der Waals surface area contributed by atoms with Gasteiger partial charge in [-0.3, -0.25) is 0 Å². The average molecular weight is 201 g/mol. The number of aliphatic hydroxyl groups is 1. The van der Waals surface area contributed by atoms with Gasteiger partial charge in [0.15, 0.2) is 0 Å². The Hall–Kier alpha value is -1.87. The van der Waals surface area contributed by atoms with E-state index in [1.165, 1.54) is 0 Å². The molecule has 76 valence electrons. The summed E-state index contributed by atoms with van der Waals surface area (Å²) < 4.78 is 0. The zero-order chi connectivity index (χ0) is 10.7. The van der Waals surface area contributed by atoms with E-state index in [1.54, 1.807) is 48.6 Å². The standard InChI is InChI=1S/C12H11NO2/c14-11-5-1-9(2-6-11)13-10-3-7-12(15)8-4-10/h1-8,11,14-15H. The van der Waals surface area contributed by atoms with Crippen LogP contribution in [0, 0.1) is 0 Å². The summed E-state index contributed by atoms with van der Waals surface area (Å²) in [6.45, 7) is 0. The van der Waals surface area contributed by atoms with Crippen LogP contribution in [-0.4, -0.2) is 22.0 Å². The molecule has 0 saturated carbocycles. The summed E-state index contributed by atoms with van der Waals surface area (Å²) in [4.78, 5) is 4.31. The molecule has 0 spiro atoms. The maximum Gasteiger partial charge on any atom is 0.115 e. The number of rotatable bonds is 1. The van der Waals surface area contributed by atoms with E-state index >= 15 is 0 Å². The van der Waals surface area contributed by atoms with Gasteiger partial charge in [-0.25, -0.2) is 4.99 Å².